The SMILES string of the molecule is Cc1ccccc1-c1cnc(N2CCC(N3CCC(Oc4cc(F)c(S(C)(=O)=O)cc4F)C3=O)CC2)nc1. The summed E-state index contributed by atoms with van der Waals surface area (Å²) in [7, 11) is -3.93. The second-order valence-electron chi connectivity index (χ2n) is 9.72. The van der Waals surface area contributed by atoms with E-state index in [2.05, 4.69) is 14.9 Å². The van der Waals surface area contributed by atoms with Gasteiger partial charge in [0.05, 0.1) is 0 Å². The largest absolute Gasteiger partial charge is 0.477 e. The van der Waals surface area contributed by atoms with Crippen LogP contribution in [0.25, 0.3) is 11.1 Å². The van der Waals surface area contributed by atoms with Crippen LogP contribution in [0.3, 0.4) is 0 Å². The first-order valence-electron chi connectivity index (χ1n) is 12.4. The Bertz CT molecular complexity index is 1460. The fourth-order valence-corrected chi connectivity index (χ4v) is 5.81. The summed E-state index contributed by atoms with van der Waals surface area (Å²) in [5.74, 6) is -2.26. The molecule has 1 amide bonds. The van der Waals surface area contributed by atoms with Crippen molar-refractivity contribution < 1.29 is 26.7 Å². The number of rotatable bonds is 6. The number of piperidine rings is 1. The standard InChI is InChI=1S/C27H28F2N4O4S/c1-17-5-3-4-6-20(17)18-15-30-27(31-16-18)32-10-7-19(8-11-32)33-12-9-23(26(33)34)37-24-13-22(29)25(14-21(24)28)38(2,35)36/h3-6,13-16,19,23H,7-12H2,1-2H3. The van der Waals surface area contributed by atoms with Crippen LogP contribution in [0.1, 0.15) is 24.8 Å². The number of nitrogens with zero attached hydrogens (tertiary/aromatic N) is 4. The number of halogens is 2. The normalized spacial score (nSPS) is 18.7. The van der Waals surface area contributed by atoms with Crippen LogP contribution in [-0.4, -0.2) is 67.2 Å². The molecule has 3 aromatic rings. The number of carbonyl (C=O) groups excluding carboxylic acids is 1. The van der Waals surface area contributed by atoms with Gasteiger partial charge in [0.25, 0.3) is 5.91 Å². The first-order chi connectivity index (χ1) is 18.1. The van der Waals surface area contributed by atoms with E-state index in [4.69, 9.17) is 4.74 Å². The van der Waals surface area contributed by atoms with Crippen molar-refractivity contribution in [2.45, 2.75) is 43.2 Å². The van der Waals surface area contributed by atoms with Gasteiger partial charge < -0.3 is 14.5 Å². The van der Waals surface area contributed by atoms with Gasteiger partial charge in [-0.2, -0.15) is 0 Å². The van der Waals surface area contributed by atoms with Crippen LogP contribution in [-0.2, 0) is 14.6 Å². The molecule has 0 N–H and O–H groups in total. The molecule has 2 fully saturated rings. The zero-order valence-corrected chi connectivity index (χ0v) is 21.9. The maximum absolute atomic E-state index is 14.4. The van der Waals surface area contributed by atoms with Crippen LogP contribution in [0.2, 0.25) is 0 Å². The molecule has 1 atom stereocenters. The van der Waals surface area contributed by atoms with Crippen molar-refractivity contribution in [3.63, 3.8) is 0 Å². The quantitative estimate of drug-likeness (QED) is 0.468. The maximum Gasteiger partial charge on any atom is 0.263 e. The zero-order chi connectivity index (χ0) is 27.0. The Morgan fingerprint density at radius 1 is 0.974 bits per heavy atom. The average Bonchev–Trinajstić information content (AvgIpc) is 3.25. The third-order valence-corrected chi connectivity index (χ3v) is 8.24. The van der Waals surface area contributed by atoms with E-state index in [1.165, 1.54) is 0 Å². The molecule has 0 radical (unpaired) electrons. The number of hydrogen-bond acceptors (Lipinski definition) is 7. The molecule has 8 nitrogen and oxygen atoms in total. The van der Waals surface area contributed by atoms with Crippen LogP contribution in [0.4, 0.5) is 14.7 Å². The summed E-state index contributed by atoms with van der Waals surface area (Å²) in [5.41, 5.74) is 3.20. The minimum Gasteiger partial charge on any atom is -0.477 e. The number of aromatic nitrogens is 2. The zero-order valence-electron chi connectivity index (χ0n) is 21.1. The highest BCUT2D eigenvalue weighted by atomic mass is 32.2. The van der Waals surface area contributed by atoms with Crippen LogP contribution in [0.15, 0.2) is 53.7 Å². The van der Waals surface area contributed by atoms with Gasteiger partial charge in [-0.25, -0.2) is 27.2 Å². The number of benzene rings is 2. The molecule has 2 aliphatic rings. The summed E-state index contributed by atoms with van der Waals surface area (Å²) in [5, 5.41) is 0. The van der Waals surface area contributed by atoms with Crippen LogP contribution >= 0.6 is 0 Å². The van der Waals surface area contributed by atoms with Gasteiger partial charge in [-0.05, 0) is 37.0 Å². The van der Waals surface area contributed by atoms with Crippen LogP contribution in [0.5, 0.6) is 5.75 Å². The van der Waals surface area contributed by atoms with E-state index in [0.717, 1.165) is 22.9 Å². The van der Waals surface area contributed by atoms with Gasteiger partial charge in [0.15, 0.2) is 27.5 Å². The van der Waals surface area contributed by atoms with Crippen molar-refractivity contribution in [3.8, 4) is 16.9 Å². The highest BCUT2D eigenvalue weighted by Gasteiger charge is 2.39. The van der Waals surface area contributed by atoms with E-state index in [9.17, 15) is 22.0 Å². The summed E-state index contributed by atoms with van der Waals surface area (Å²) in [6.45, 7) is 3.85. The van der Waals surface area contributed by atoms with Gasteiger partial charge in [-0.1, -0.05) is 24.3 Å². The minimum atomic E-state index is -3.93. The molecule has 2 aromatic carbocycles. The molecule has 1 aromatic heterocycles. The van der Waals surface area contributed by atoms with Gasteiger partial charge in [0, 0.05) is 62.4 Å². The molecule has 0 spiro atoms. The van der Waals surface area contributed by atoms with Crippen molar-refractivity contribution in [3.05, 3.63) is 66.0 Å². The summed E-state index contributed by atoms with van der Waals surface area (Å²) >= 11 is 0. The van der Waals surface area contributed by atoms with Gasteiger partial charge in [0.1, 0.15) is 10.7 Å². The Hall–Kier alpha value is -3.60. The predicted molar refractivity (Wildman–Crippen MR) is 138 cm³/mol. The third kappa shape index (κ3) is 5.20. The first kappa shape index (κ1) is 26.0. The van der Waals surface area contributed by atoms with E-state index in [0.29, 0.717) is 57.0 Å². The lowest BCUT2D eigenvalue weighted by Crippen LogP contribution is -2.47. The average molecular weight is 543 g/mol. The number of amides is 1. The molecule has 5 rings (SSSR count). The monoisotopic (exact) mass is 542 g/mol. The number of aryl methyl sites for hydroxylation is 1. The summed E-state index contributed by atoms with van der Waals surface area (Å²) in [6.07, 6.45) is 5.25. The lowest BCUT2D eigenvalue weighted by atomic mass is 10.0. The molecule has 0 aliphatic carbocycles. The van der Waals surface area contributed by atoms with Gasteiger partial charge >= 0.3 is 0 Å². The summed E-state index contributed by atoms with van der Waals surface area (Å²) in [6, 6.07) is 9.33. The lowest BCUT2D eigenvalue weighted by molar-refractivity contribution is -0.135. The number of carbonyl (C=O) groups is 1. The van der Waals surface area contributed by atoms with Crippen molar-refractivity contribution in [2.75, 3.05) is 30.8 Å². The molecule has 11 heteroatoms. The fraction of sp³-hybridized carbons (Fsp3) is 0.370. The topological polar surface area (TPSA) is 92.7 Å². The van der Waals surface area contributed by atoms with Crippen LogP contribution in [0, 0.1) is 18.6 Å². The first-order valence-corrected chi connectivity index (χ1v) is 14.3. The van der Waals surface area contributed by atoms with Gasteiger partial charge in [-0.15, -0.1) is 0 Å². The molecule has 2 saturated heterocycles. The van der Waals surface area contributed by atoms with E-state index in [1.54, 1.807) is 4.90 Å². The van der Waals surface area contributed by atoms with Crippen LogP contribution < -0.4 is 9.64 Å². The van der Waals surface area contributed by atoms with E-state index in [-0.39, 0.29) is 11.9 Å². The second kappa shape index (κ2) is 10.3. The smallest absolute Gasteiger partial charge is 0.263 e. The number of sulfone groups is 1. The van der Waals surface area contributed by atoms with Crippen molar-refractivity contribution in [1.82, 2.24) is 14.9 Å². The lowest BCUT2D eigenvalue weighted by Gasteiger charge is -2.36. The van der Waals surface area contributed by atoms with Crippen molar-refractivity contribution in [1.29, 1.82) is 0 Å². The summed E-state index contributed by atoms with van der Waals surface area (Å²) in [4.78, 5) is 25.2. The molecular weight excluding hydrogens is 514 g/mol. The highest BCUT2D eigenvalue weighted by Crippen LogP contribution is 2.30. The molecule has 1 unspecified atom stereocenters. The molecule has 2 aliphatic heterocycles. The van der Waals surface area contributed by atoms with Gasteiger partial charge in [0.2, 0.25) is 5.95 Å². The fourth-order valence-electron chi connectivity index (χ4n) is 5.08. The highest BCUT2D eigenvalue weighted by molar-refractivity contribution is 7.90. The van der Waals surface area contributed by atoms with Gasteiger partial charge in [-0.3, -0.25) is 4.79 Å². The van der Waals surface area contributed by atoms with Crippen molar-refractivity contribution >= 4 is 21.7 Å². The molecule has 0 bridgehead atoms. The predicted octanol–water partition coefficient (Wildman–Crippen LogP) is 3.78. The Balaban J connectivity index is 1.19. The number of anilines is 1. The van der Waals surface area contributed by atoms with E-state index >= 15 is 0 Å². The molecule has 0 saturated carbocycles. The summed E-state index contributed by atoms with van der Waals surface area (Å²) < 4.78 is 57.4. The number of likely N-dealkylation sites (tertiary alicyclic amines) is 1. The Kier molecular flexibility index (Phi) is 7.04. The molecular formula is C27H28F2N4O4S. The Morgan fingerprint density at radius 3 is 2.32 bits per heavy atom. The Morgan fingerprint density at radius 2 is 1.66 bits per heavy atom. The second-order valence-corrected chi connectivity index (χ2v) is 11.7. The number of hydrogen-bond donors (Lipinski definition) is 0. The number of ether oxygens (including phenoxy) is 1. The maximum atomic E-state index is 14.4. The van der Waals surface area contributed by atoms with E-state index in [1.807, 2.05) is 43.6 Å². The Labute approximate surface area is 220 Å². The third-order valence-electron chi connectivity index (χ3n) is 7.13. The molecule has 200 valence electrons. The minimum absolute atomic E-state index is 0.00668. The van der Waals surface area contributed by atoms with Crippen molar-refractivity contribution in [2.24, 2.45) is 0 Å². The molecule has 3 heterocycles. The van der Waals surface area contributed by atoms with E-state index < -0.39 is 38.2 Å². The molecule has 38 heavy (non-hydrogen) atoms.